The number of aromatic amines is 1. The van der Waals surface area contributed by atoms with Crippen LogP contribution in [0.3, 0.4) is 0 Å². The molecule has 0 aliphatic heterocycles. The van der Waals surface area contributed by atoms with Crippen LogP contribution in [0, 0.1) is 6.92 Å². The molecule has 96 valence electrons. The fraction of sp³-hybridized carbons (Fsp3) is 0.143. The van der Waals surface area contributed by atoms with Gasteiger partial charge in [-0.3, -0.25) is 0 Å². The molecule has 3 rings (SSSR count). The number of benzene rings is 1. The van der Waals surface area contributed by atoms with Gasteiger partial charge in [0.25, 0.3) is 0 Å². The zero-order valence-electron chi connectivity index (χ0n) is 10.6. The van der Waals surface area contributed by atoms with Gasteiger partial charge in [-0.15, -0.1) is 11.3 Å². The third-order valence-corrected chi connectivity index (χ3v) is 3.90. The predicted molar refractivity (Wildman–Crippen MR) is 75.5 cm³/mol. The van der Waals surface area contributed by atoms with E-state index in [1.54, 1.807) is 17.4 Å². The van der Waals surface area contributed by atoms with Crippen molar-refractivity contribution in [3.05, 3.63) is 40.8 Å². The van der Waals surface area contributed by atoms with Gasteiger partial charge in [0, 0.05) is 4.88 Å². The van der Waals surface area contributed by atoms with Gasteiger partial charge in [0.2, 0.25) is 0 Å². The van der Waals surface area contributed by atoms with Crippen LogP contribution in [-0.4, -0.2) is 23.0 Å². The summed E-state index contributed by atoms with van der Waals surface area (Å²) in [6, 6.07) is 9.51. The van der Waals surface area contributed by atoms with Gasteiger partial charge in [0.05, 0.1) is 23.1 Å². The minimum Gasteiger partial charge on any atom is -0.465 e. The summed E-state index contributed by atoms with van der Waals surface area (Å²) in [6.07, 6.45) is 0. The summed E-state index contributed by atoms with van der Waals surface area (Å²) in [7, 11) is 1.37. The molecule has 5 heteroatoms. The molecule has 0 aliphatic carbocycles. The number of aromatic nitrogens is 2. The van der Waals surface area contributed by atoms with E-state index in [1.807, 2.05) is 18.2 Å². The summed E-state index contributed by atoms with van der Waals surface area (Å²) in [4.78, 5) is 21.7. The second-order valence-corrected chi connectivity index (χ2v) is 5.48. The average Bonchev–Trinajstić information content (AvgIpc) is 3.02. The number of aryl methyl sites for hydroxylation is 1. The number of methoxy groups -OCH3 is 1. The maximum atomic E-state index is 11.7. The summed E-state index contributed by atoms with van der Waals surface area (Å²) in [5.74, 6) is 0.412. The molecule has 0 aliphatic rings. The lowest BCUT2D eigenvalue weighted by Crippen LogP contribution is -2.01. The molecule has 19 heavy (non-hydrogen) atoms. The van der Waals surface area contributed by atoms with Crippen molar-refractivity contribution in [2.24, 2.45) is 0 Å². The largest absolute Gasteiger partial charge is 0.465 e. The van der Waals surface area contributed by atoms with Crippen LogP contribution in [0.5, 0.6) is 0 Å². The Labute approximate surface area is 114 Å². The second-order valence-electron chi connectivity index (χ2n) is 4.19. The Hall–Kier alpha value is -2.14. The van der Waals surface area contributed by atoms with Crippen molar-refractivity contribution in [3.8, 4) is 10.7 Å². The Bertz CT molecular complexity index is 758. The topological polar surface area (TPSA) is 55.0 Å². The molecule has 0 radical (unpaired) electrons. The number of fused-ring (bicyclic) bond motifs is 1. The minimum absolute atomic E-state index is 0.369. The number of rotatable bonds is 2. The molecule has 0 fully saturated rings. The summed E-state index contributed by atoms with van der Waals surface area (Å²) in [5, 5.41) is 0. The molecule has 0 amide bonds. The number of carbonyl (C=O) groups excluding carboxylic acids is 1. The first-order valence-corrected chi connectivity index (χ1v) is 6.64. The van der Waals surface area contributed by atoms with E-state index in [0.717, 1.165) is 16.2 Å². The van der Waals surface area contributed by atoms with Crippen LogP contribution in [0.1, 0.15) is 15.2 Å². The maximum Gasteiger partial charge on any atom is 0.340 e. The van der Waals surface area contributed by atoms with Crippen LogP contribution in [0.2, 0.25) is 0 Å². The fourth-order valence-electron chi connectivity index (χ4n) is 1.99. The predicted octanol–water partition coefficient (Wildman–Crippen LogP) is 3.39. The Balaban J connectivity index is 2.18. The summed E-state index contributed by atoms with van der Waals surface area (Å²) in [5.41, 5.74) is 1.97. The highest BCUT2D eigenvalue weighted by atomic mass is 32.1. The van der Waals surface area contributed by atoms with E-state index >= 15 is 0 Å². The number of thiophene rings is 1. The zero-order valence-corrected chi connectivity index (χ0v) is 11.4. The third-order valence-electron chi connectivity index (χ3n) is 2.89. The van der Waals surface area contributed by atoms with Gasteiger partial charge in [0.1, 0.15) is 11.3 Å². The number of imidazole rings is 1. The van der Waals surface area contributed by atoms with E-state index < -0.39 is 0 Å². The number of para-hydroxylation sites is 1. The normalized spacial score (nSPS) is 10.8. The third kappa shape index (κ3) is 2.02. The maximum absolute atomic E-state index is 11.7. The zero-order chi connectivity index (χ0) is 13.4. The van der Waals surface area contributed by atoms with Gasteiger partial charge < -0.3 is 9.72 Å². The number of nitrogens with one attached hydrogen (secondary N) is 1. The number of H-pyrrole nitrogens is 1. The molecule has 4 nitrogen and oxygen atoms in total. The summed E-state index contributed by atoms with van der Waals surface area (Å²) < 4.78 is 4.77. The van der Waals surface area contributed by atoms with Gasteiger partial charge in [-0.1, -0.05) is 6.07 Å². The fourth-order valence-corrected chi connectivity index (χ4v) is 2.80. The van der Waals surface area contributed by atoms with Crippen molar-refractivity contribution in [2.45, 2.75) is 6.92 Å². The molecule has 0 saturated carbocycles. The van der Waals surface area contributed by atoms with Crippen molar-refractivity contribution in [1.82, 2.24) is 9.97 Å². The van der Waals surface area contributed by atoms with Gasteiger partial charge >= 0.3 is 5.97 Å². The Morgan fingerprint density at radius 2 is 2.16 bits per heavy atom. The van der Waals surface area contributed by atoms with Gasteiger partial charge in [0.15, 0.2) is 0 Å². The number of hydrogen-bond donors (Lipinski definition) is 1. The molecule has 2 heterocycles. The molecule has 0 atom stereocenters. The molecule has 3 aromatic rings. The standard InChI is InChI=1S/C14H12N2O2S/c1-8-6-7-11(19-8)13-15-10-5-3-4-9(12(10)16-13)14(17)18-2/h3-7H,1-2H3,(H,15,16). The van der Waals surface area contributed by atoms with E-state index in [4.69, 9.17) is 4.74 Å². The van der Waals surface area contributed by atoms with Crippen molar-refractivity contribution >= 4 is 28.3 Å². The molecular formula is C14H12N2O2S. The Morgan fingerprint density at radius 3 is 2.84 bits per heavy atom. The number of hydrogen-bond acceptors (Lipinski definition) is 4. The molecule has 0 spiro atoms. The number of carbonyl (C=O) groups is 1. The van der Waals surface area contributed by atoms with Crippen LogP contribution in [0.4, 0.5) is 0 Å². The SMILES string of the molecule is COC(=O)c1cccc2[nH]c(-c3ccc(C)s3)nc12. The smallest absolute Gasteiger partial charge is 0.340 e. The molecule has 0 unspecified atom stereocenters. The van der Waals surface area contributed by atoms with Gasteiger partial charge in [-0.25, -0.2) is 9.78 Å². The molecule has 1 aromatic carbocycles. The average molecular weight is 272 g/mol. The Kier molecular flexibility index (Phi) is 2.83. The van der Waals surface area contributed by atoms with Crippen LogP contribution >= 0.6 is 11.3 Å². The van der Waals surface area contributed by atoms with E-state index in [9.17, 15) is 4.79 Å². The van der Waals surface area contributed by atoms with Crippen molar-refractivity contribution in [3.63, 3.8) is 0 Å². The van der Waals surface area contributed by atoms with Crippen LogP contribution < -0.4 is 0 Å². The monoisotopic (exact) mass is 272 g/mol. The molecular weight excluding hydrogens is 260 g/mol. The van der Waals surface area contributed by atoms with E-state index in [-0.39, 0.29) is 5.97 Å². The van der Waals surface area contributed by atoms with Crippen molar-refractivity contribution < 1.29 is 9.53 Å². The number of nitrogens with zero attached hydrogens (tertiary/aromatic N) is 1. The van der Waals surface area contributed by atoms with Crippen LogP contribution in [0.15, 0.2) is 30.3 Å². The highest BCUT2D eigenvalue weighted by Crippen LogP contribution is 2.28. The van der Waals surface area contributed by atoms with E-state index in [0.29, 0.717) is 11.1 Å². The first-order valence-electron chi connectivity index (χ1n) is 5.83. The lowest BCUT2D eigenvalue weighted by molar-refractivity contribution is 0.0603. The summed E-state index contributed by atoms with van der Waals surface area (Å²) >= 11 is 1.67. The molecule has 0 bridgehead atoms. The van der Waals surface area contributed by atoms with Gasteiger partial charge in [-0.2, -0.15) is 0 Å². The molecule has 2 aromatic heterocycles. The number of esters is 1. The highest BCUT2D eigenvalue weighted by molar-refractivity contribution is 7.15. The quantitative estimate of drug-likeness (QED) is 0.727. The van der Waals surface area contributed by atoms with Crippen molar-refractivity contribution in [2.75, 3.05) is 7.11 Å². The van der Waals surface area contributed by atoms with E-state index in [1.165, 1.54) is 12.0 Å². The Morgan fingerprint density at radius 1 is 1.32 bits per heavy atom. The lowest BCUT2D eigenvalue weighted by atomic mass is 10.2. The second kappa shape index (κ2) is 4.51. The molecule has 1 N–H and O–H groups in total. The van der Waals surface area contributed by atoms with Gasteiger partial charge in [-0.05, 0) is 31.2 Å². The lowest BCUT2D eigenvalue weighted by Gasteiger charge is -1.98. The van der Waals surface area contributed by atoms with Crippen molar-refractivity contribution in [1.29, 1.82) is 0 Å². The van der Waals surface area contributed by atoms with Crippen LogP contribution in [-0.2, 0) is 4.74 Å². The molecule has 0 saturated heterocycles. The van der Waals surface area contributed by atoms with E-state index in [2.05, 4.69) is 23.0 Å². The highest BCUT2D eigenvalue weighted by Gasteiger charge is 2.15. The van der Waals surface area contributed by atoms with Crippen LogP contribution in [0.25, 0.3) is 21.7 Å². The summed E-state index contributed by atoms with van der Waals surface area (Å²) in [6.45, 7) is 2.05. The minimum atomic E-state index is -0.369. The first-order chi connectivity index (χ1) is 9.19. The number of ether oxygens (including phenoxy) is 1. The first kappa shape index (κ1) is 11.9.